The quantitative estimate of drug-likeness (QED) is 0.699. The number of halogens is 3. The molecule has 0 radical (unpaired) electrons. The monoisotopic (exact) mass is 412 g/mol. The van der Waals surface area contributed by atoms with Crippen molar-refractivity contribution in [3.63, 3.8) is 0 Å². The molecule has 1 unspecified atom stereocenters. The Morgan fingerprint density at radius 1 is 1.04 bits per heavy atom. The van der Waals surface area contributed by atoms with Gasteiger partial charge in [-0.15, -0.1) is 12.4 Å². The van der Waals surface area contributed by atoms with Crippen LogP contribution in [-0.4, -0.2) is 19.0 Å². The number of carbonyl (C=O) groups excluding carboxylic acids is 1. The third-order valence-corrected chi connectivity index (χ3v) is 5.16. The highest BCUT2D eigenvalue weighted by atomic mass is 35.5. The average molecular weight is 414 g/mol. The van der Waals surface area contributed by atoms with Gasteiger partial charge >= 0.3 is 0 Å². The van der Waals surface area contributed by atoms with Crippen LogP contribution in [0.1, 0.15) is 36.4 Å². The van der Waals surface area contributed by atoms with E-state index in [1.807, 2.05) is 48.5 Å². The summed E-state index contributed by atoms with van der Waals surface area (Å²) in [6.45, 7) is 2.08. The fourth-order valence-electron chi connectivity index (χ4n) is 3.20. The van der Waals surface area contributed by atoms with Crippen LogP contribution in [0.5, 0.6) is 0 Å². The van der Waals surface area contributed by atoms with Crippen LogP contribution >= 0.6 is 35.6 Å². The molecule has 1 heterocycles. The van der Waals surface area contributed by atoms with Crippen molar-refractivity contribution in [3.8, 4) is 0 Å². The van der Waals surface area contributed by atoms with Crippen molar-refractivity contribution in [2.75, 3.05) is 13.1 Å². The lowest BCUT2D eigenvalue weighted by Gasteiger charge is -2.20. The third kappa shape index (κ3) is 5.88. The van der Waals surface area contributed by atoms with E-state index < -0.39 is 0 Å². The molecule has 0 bridgehead atoms. The summed E-state index contributed by atoms with van der Waals surface area (Å²) in [5.74, 6) is 0.678. The lowest BCUT2D eigenvalue weighted by molar-refractivity contribution is -0.121. The zero-order chi connectivity index (χ0) is 17.6. The van der Waals surface area contributed by atoms with Gasteiger partial charge in [0, 0.05) is 16.5 Å². The first-order valence-electron chi connectivity index (χ1n) is 8.63. The van der Waals surface area contributed by atoms with Crippen molar-refractivity contribution in [1.29, 1.82) is 0 Å². The number of carbonyl (C=O) groups is 1. The van der Waals surface area contributed by atoms with Gasteiger partial charge in [0.2, 0.25) is 5.91 Å². The van der Waals surface area contributed by atoms with E-state index in [1.165, 1.54) is 0 Å². The van der Waals surface area contributed by atoms with Gasteiger partial charge in [0.05, 0.1) is 6.04 Å². The molecule has 1 aliphatic rings. The van der Waals surface area contributed by atoms with Crippen LogP contribution < -0.4 is 10.6 Å². The lowest BCUT2D eigenvalue weighted by Crippen LogP contribution is -2.29. The Hall–Kier alpha value is -1.26. The standard InChI is InChI=1S/C20H22Cl2N2O.ClH/c21-17-6-2-15(3-7-17)20(16-4-8-18(22)9-5-16)24-19(25)10-1-14-11-12-23-13-14;/h2-9,14,20,23H,1,10-13H2,(H,24,25);1H. The van der Waals surface area contributed by atoms with Crippen LogP contribution in [-0.2, 0) is 4.79 Å². The van der Waals surface area contributed by atoms with Crippen LogP contribution in [0.4, 0.5) is 0 Å². The predicted octanol–water partition coefficient (Wildman–Crippen LogP) is 5.01. The van der Waals surface area contributed by atoms with E-state index >= 15 is 0 Å². The summed E-state index contributed by atoms with van der Waals surface area (Å²) in [4.78, 5) is 12.5. The van der Waals surface area contributed by atoms with E-state index in [9.17, 15) is 4.79 Å². The molecule has 1 aliphatic heterocycles. The van der Waals surface area contributed by atoms with Gasteiger partial charge in [-0.2, -0.15) is 0 Å². The number of hydrogen-bond donors (Lipinski definition) is 2. The Kier molecular flexibility index (Phi) is 8.23. The topological polar surface area (TPSA) is 41.1 Å². The molecule has 2 aromatic rings. The van der Waals surface area contributed by atoms with Crippen LogP contribution in [0.2, 0.25) is 10.0 Å². The summed E-state index contributed by atoms with van der Waals surface area (Å²) >= 11 is 12.0. The molecular formula is C20H23Cl3N2O. The summed E-state index contributed by atoms with van der Waals surface area (Å²) in [7, 11) is 0. The number of rotatable bonds is 6. The molecule has 1 amide bonds. The van der Waals surface area contributed by atoms with Crippen molar-refractivity contribution in [2.45, 2.75) is 25.3 Å². The first-order chi connectivity index (χ1) is 12.1. The second-order valence-corrected chi connectivity index (χ2v) is 7.37. The van der Waals surface area contributed by atoms with E-state index in [-0.39, 0.29) is 24.4 Å². The molecule has 3 rings (SSSR count). The zero-order valence-electron chi connectivity index (χ0n) is 14.4. The summed E-state index contributed by atoms with van der Waals surface area (Å²) in [5.41, 5.74) is 2.00. The number of amides is 1. The predicted molar refractivity (Wildman–Crippen MR) is 110 cm³/mol. The molecule has 2 aromatic carbocycles. The normalized spacial score (nSPS) is 16.3. The maximum atomic E-state index is 12.5. The Morgan fingerprint density at radius 2 is 1.58 bits per heavy atom. The molecule has 140 valence electrons. The molecule has 0 aromatic heterocycles. The molecule has 1 atom stereocenters. The van der Waals surface area contributed by atoms with Gasteiger partial charge in [-0.1, -0.05) is 47.5 Å². The zero-order valence-corrected chi connectivity index (χ0v) is 16.7. The maximum absolute atomic E-state index is 12.5. The molecule has 26 heavy (non-hydrogen) atoms. The van der Waals surface area contributed by atoms with Gasteiger partial charge in [-0.05, 0) is 67.2 Å². The summed E-state index contributed by atoms with van der Waals surface area (Å²) < 4.78 is 0. The van der Waals surface area contributed by atoms with Crippen molar-refractivity contribution in [1.82, 2.24) is 10.6 Å². The van der Waals surface area contributed by atoms with E-state index in [0.717, 1.165) is 37.1 Å². The van der Waals surface area contributed by atoms with Gasteiger partial charge in [-0.3, -0.25) is 4.79 Å². The Balaban J connectivity index is 0.00000243. The Morgan fingerprint density at radius 3 is 2.04 bits per heavy atom. The minimum atomic E-state index is -0.205. The largest absolute Gasteiger partial charge is 0.345 e. The highest BCUT2D eigenvalue weighted by molar-refractivity contribution is 6.30. The number of nitrogens with one attached hydrogen (secondary N) is 2. The smallest absolute Gasteiger partial charge is 0.220 e. The molecule has 0 aliphatic carbocycles. The molecule has 1 fully saturated rings. The van der Waals surface area contributed by atoms with Crippen LogP contribution in [0.3, 0.4) is 0 Å². The van der Waals surface area contributed by atoms with Crippen molar-refractivity contribution in [2.24, 2.45) is 5.92 Å². The third-order valence-electron chi connectivity index (χ3n) is 4.65. The van der Waals surface area contributed by atoms with Crippen LogP contribution in [0.15, 0.2) is 48.5 Å². The SMILES string of the molecule is Cl.O=C(CCC1CCNC1)NC(c1ccc(Cl)cc1)c1ccc(Cl)cc1. The maximum Gasteiger partial charge on any atom is 0.220 e. The average Bonchev–Trinajstić information content (AvgIpc) is 3.13. The van der Waals surface area contributed by atoms with E-state index in [1.54, 1.807) is 0 Å². The van der Waals surface area contributed by atoms with Gasteiger partial charge in [0.1, 0.15) is 0 Å². The van der Waals surface area contributed by atoms with Gasteiger partial charge in [0.15, 0.2) is 0 Å². The minimum absolute atomic E-state index is 0. The van der Waals surface area contributed by atoms with Gasteiger partial charge in [0.25, 0.3) is 0 Å². The summed E-state index contributed by atoms with van der Waals surface area (Å²) in [5, 5.41) is 7.87. The Labute approximate surface area is 170 Å². The fraction of sp³-hybridized carbons (Fsp3) is 0.350. The summed E-state index contributed by atoms with van der Waals surface area (Å²) in [6, 6.07) is 15.0. The molecule has 0 spiro atoms. The fourth-order valence-corrected chi connectivity index (χ4v) is 3.45. The highest BCUT2D eigenvalue weighted by Gasteiger charge is 2.19. The second kappa shape index (κ2) is 10.2. The molecule has 3 nitrogen and oxygen atoms in total. The highest BCUT2D eigenvalue weighted by Crippen LogP contribution is 2.25. The number of benzene rings is 2. The van der Waals surface area contributed by atoms with Crippen LogP contribution in [0.25, 0.3) is 0 Å². The van der Waals surface area contributed by atoms with E-state index in [0.29, 0.717) is 22.4 Å². The van der Waals surface area contributed by atoms with E-state index in [2.05, 4.69) is 10.6 Å². The Bertz CT molecular complexity index is 653. The van der Waals surface area contributed by atoms with Gasteiger partial charge in [-0.25, -0.2) is 0 Å². The molecular weight excluding hydrogens is 391 g/mol. The van der Waals surface area contributed by atoms with Crippen LogP contribution in [0, 0.1) is 5.92 Å². The number of hydrogen-bond acceptors (Lipinski definition) is 2. The summed E-state index contributed by atoms with van der Waals surface area (Å²) in [6.07, 6.45) is 2.63. The van der Waals surface area contributed by atoms with Crippen molar-refractivity contribution in [3.05, 3.63) is 69.7 Å². The van der Waals surface area contributed by atoms with Gasteiger partial charge < -0.3 is 10.6 Å². The lowest BCUT2D eigenvalue weighted by atomic mass is 9.97. The first kappa shape index (κ1) is 21.0. The molecule has 0 saturated carbocycles. The molecule has 2 N–H and O–H groups in total. The molecule has 6 heteroatoms. The second-order valence-electron chi connectivity index (χ2n) is 6.50. The molecule has 1 saturated heterocycles. The van der Waals surface area contributed by atoms with Crippen molar-refractivity contribution >= 4 is 41.5 Å². The van der Waals surface area contributed by atoms with Crippen molar-refractivity contribution < 1.29 is 4.79 Å². The minimum Gasteiger partial charge on any atom is -0.345 e. The van der Waals surface area contributed by atoms with E-state index in [4.69, 9.17) is 23.2 Å². The first-order valence-corrected chi connectivity index (χ1v) is 9.38.